The van der Waals surface area contributed by atoms with Crippen LogP contribution in [0.2, 0.25) is 0 Å². The predicted octanol–water partition coefficient (Wildman–Crippen LogP) is 14.5. The van der Waals surface area contributed by atoms with Gasteiger partial charge in [-0.05, 0) is 91.0 Å². The first kappa shape index (κ1) is 33.6. The van der Waals surface area contributed by atoms with Gasteiger partial charge in [0.25, 0.3) is 0 Å². The fourth-order valence-corrected chi connectivity index (χ4v) is 9.89. The van der Waals surface area contributed by atoms with Gasteiger partial charge in [-0.1, -0.05) is 128 Å². The van der Waals surface area contributed by atoms with Gasteiger partial charge in [0.1, 0.15) is 0 Å². The Morgan fingerprint density at radius 2 is 0.695 bits per heavy atom. The summed E-state index contributed by atoms with van der Waals surface area (Å²) in [5.74, 6) is 0.227. The highest BCUT2D eigenvalue weighted by atomic mass is 15.2. The molecule has 0 N–H and O–H groups in total. The maximum atomic E-state index is 2.53. The standard InChI is InChI=1S/C55H40N4/c1-37-36-42(34-35-49(37)59-54-24-12-6-18-47(54)48-19-7-13-25-55(48)59)56(38-26-30-40(31-27-38)57-50-20-8-2-14-43(50)44-15-3-9-21-51(44)57)39-28-32-41(33-29-39)58-52-22-10-4-16-45(52)46-17-5-11-23-53(46)58/h2-37,49H,1H3. The Hall–Kier alpha value is -7.56. The third-order valence-electron chi connectivity index (χ3n) is 12.5. The number of hydrogen-bond acceptors (Lipinski definition) is 1. The van der Waals surface area contributed by atoms with E-state index < -0.39 is 0 Å². The van der Waals surface area contributed by atoms with E-state index >= 15 is 0 Å². The third-order valence-corrected chi connectivity index (χ3v) is 12.5. The molecule has 59 heavy (non-hydrogen) atoms. The molecule has 0 spiro atoms. The number of anilines is 2. The lowest BCUT2D eigenvalue weighted by Gasteiger charge is -2.32. The van der Waals surface area contributed by atoms with Crippen LogP contribution in [-0.4, -0.2) is 13.7 Å². The lowest BCUT2D eigenvalue weighted by molar-refractivity contribution is 0.506. The zero-order chi connectivity index (χ0) is 39.0. The molecule has 0 amide bonds. The van der Waals surface area contributed by atoms with Gasteiger partial charge in [-0.3, -0.25) is 0 Å². The summed E-state index contributed by atoms with van der Waals surface area (Å²) in [6, 6.07) is 70.8. The van der Waals surface area contributed by atoms with Gasteiger partial charge in [0.15, 0.2) is 0 Å². The minimum Gasteiger partial charge on any atom is -0.333 e. The molecule has 280 valence electrons. The van der Waals surface area contributed by atoms with Crippen LogP contribution in [0.1, 0.15) is 13.0 Å². The van der Waals surface area contributed by atoms with E-state index in [9.17, 15) is 0 Å². The van der Waals surface area contributed by atoms with E-state index in [0.29, 0.717) is 0 Å². The van der Waals surface area contributed by atoms with Crippen LogP contribution < -0.4 is 4.90 Å². The molecule has 4 heteroatoms. The lowest BCUT2D eigenvalue weighted by Crippen LogP contribution is -2.22. The zero-order valence-electron chi connectivity index (χ0n) is 32.7. The van der Waals surface area contributed by atoms with Gasteiger partial charge in [0.05, 0.1) is 28.1 Å². The molecule has 1 aliphatic carbocycles. The van der Waals surface area contributed by atoms with Crippen LogP contribution in [0.5, 0.6) is 0 Å². The summed E-state index contributed by atoms with van der Waals surface area (Å²) >= 11 is 0. The molecule has 2 unspecified atom stereocenters. The van der Waals surface area contributed by atoms with E-state index in [1.54, 1.807) is 0 Å². The number of nitrogens with zero attached hydrogens (tertiary/aromatic N) is 4. The van der Waals surface area contributed by atoms with Crippen LogP contribution >= 0.6 is 0 Å². The van der Waals surface area contributed by atoms with Crippen molar-refractivity contribution in [1.29, 1.82) is 0 Å². The highest BCUT2D eigenvalue weighted by Crippen LogP contribution is 2.41. The first-order valence-corrected chi connectivity index (χ1v) is 20.6. The monoisotopic (exact) mass is 756 g/mol. The van der Waals surface area contributed by atoms with Crippen molar-refractivity contribution in [3.63, 3.8) is 0 Å². The van der Waals surface area contributed by atoms with Crippen molar-refractivity contribution in [2.45, 2.75) is 13.0 Å². The van der Waals surface area contributed by atoms with Crippen LogP contribution in [0, 0.1) is 5.92 Å². The quantitative estimate of drug-likeness (QED) is 0.165. The second kappa shape index (κ2) is 13.3. The zero-order valence-corrected chi connectivity index (χ0v) is 32.7. The molecule has 3 aromatic heterocycles. The van der Waals surface area contributed by atoms with Gasteiger partial charge in [0, 0.05) is 77.7 Å². The van der Waals surface area contributed by atoms with Crippen molar-refractivity contribution in [2.75, 3.05) is 4.90 Å². The van der Waals surface area contributed by atoms with Crippen molar-refractivity contribution in [2.24, 2.45) is 5.92 Å². The van der Waals surface area contributed by atoms with Gasteiger partial charge in [0.2, 0.25) is 0 Å². The van der Waals surface area contributed by atoms with Crippen molar-refractivity contribution in [3.05, 3.63) is 218 Å². The first-order valence-electron chi connectivity index (χ1n) is 20.6. The van der Waals surface area contributed by atoms with E-state index in [0.717, 1.165) is 28.4 Å². The van der Waals surface area contributed by atoms with E-state index in [-0.39, 0.29) is 12.0 Å². The van der Waals surface area contributed by atoms with E-state index in [1.165, 1.54) is 65.4 Å². The molecule has 11 aromatic rings. The summed E-state index contributed by atoms with van der Waals surface area (Å²) in [5, 5.41) is 7.66. The van der Waals surface area contributed by atoms with Crippen molar-refractivity contribution >= 4 is 76.8 Å². The largest absolute Gasteiger partial charge is 0.333 e. The molecule has 12 rings (SSSR count). The fraction of sp³-hybridized carbons (Fsp3) is 0.0545. The second-order valence-corrected chi connectivity index (χ2v) is 15.8. The van der Waals surface area contributed by atoms with Crippen LogP contribution in [0.3, 0.4) is 0 Å². The Morgan fingerprint density at radius 1 is 0.373 bits per heavy atom. The Morgan fingerprint density at radius 3 is 1.05 bits per heavy atom. The first-order chi connectivity index (χ1) is 29.2. The minimum absolute atomic E-state index is 0.167. The van der Waals surface area contributed by atoms with Gasteiger partial charge >= 0.3 is 0 Å². The van der Waals surface area contributed by atoms with Gasteiger partial charge in [-0.25, -0.2) is 0 Å². The van der Waals surface area contributed by atoms with Gasteiger partial charge in [-0.15, -0.1) is 0 Å². The maximum absolute atomic E-state index is 2.53. The number of aromatic nitrogens is 3. The number of rotatable bonds is 6. The van der Waals surface area contributed by atoms with E-state index in [2.05, 4.69) is 238 Å². The summed E-state index contributed by atoms with van der Waals surface area (Å²) < 4.78 is 7.31. The Balaban J connectivity index is 0.982. The van der Waals surface area contributed by atoms with Crippen LogP contribution in [0.15, 0.2) is 218 Å². The topological polar surface area (TPSA) is 18.0 Å². The van der Waals surface area contributed by atoms with Crippen molar-refractivity contribution in [3.8, 4) is 11.4 Å². The molecule has 4 nitrogen and oxygen atoms in total. The molecule has 0 radical (unpaired) electrons. The number of allylic oxidation sites excluding steroid dienone is 3. The van der Waals surface area contributed by atoms with E-state index in [4.69, 9.17) is 0 Å². The smallest absolute Gasteiger partial charge is 0.0587 e. The average molecular weight is 757 g/mol. The molecule has 3 heterocycles. The Bertz CT molecular complexity index is 3150. The third kappa shape index (κ3) is 5.16. The fourth-order valence-electron chi connectivity index (χ4n) is 9.89. The van der Waals surface area contributed by atoms with E-state index in [1.807, 2.05) is 0 Å². The summed E-state index contributed by atoms with van der Waals surface area (Å²) in [6.45, 7) is 2.35. The molecular formula is C55H40N4. The minimum atomic E-state index is 0.167. The number of benzene rings is 8. The molecule has 8 aromatic carbocycles. The molecule has 0 saturated heterocycles. The number of hydrogen-bond donors (Lipinski definition) is 0. The lowest BCUT2D eigenvalue weighted by atomic mass is 9.94. The number of para-hydroxylation sites is 6. The highest BCUT2D eigenvalue weighted by Gasteiger charge is 2.26. The van der Waals surface area contributed by atoms with Crippen LogP contribution in [0.4, 0.5) is 11.4 Å². The molecule has 1 aliphatic rings. The van der Waals surface area contributed by atoms with Crippen LogP contribution in [0.25, 0.3) is 76.8 Å². The predicted molar refractivity (Wildman–Crippen MR) is 249 cm³/mol. The normalized spacial score (nSPS) is 15.6. The Labute approximate surface area is 342 Å². The number of fused-ring (bicyclic) bond motifs is 9. The Kier molecular flexibility index (Phi) is 7.54. The van der Waals surface area contributed by atoms with Gasteiger partial charge in [-0.2, -0.15) is 0 Å². The van der Waals surface area contributed by atoms with Gasteiger partial charge < -0.3 is 18.6 Å². The molecule has 0 bridgehead atoms. The molecular weight excluding hydrogens is 717 g/mol. The summed E-state index contributed by atoms with van der Waals surface area (Å²) in [5.41, 5.74) is 13.0. The molecule has 0 saturated carbocycles. The molecule has 0 fully saturated rings. The summed E-state index contributed by atoms with van der Waals surface area (Å²) in [6.07, 6.45) is 7.19. The summed E-state index contributed by atoms with van der Waals surface area (Å²) in [4.78, 5) is 2.42. The maximum Gasteiger partial charge on any atom is 0.0587 e. The summed E-state index contributed by atoms with van der Waals surface area (Å²) in [7, 11) is 0. The van der Waals surface area contributed by atoms with Crippen molar-refractivity contribution in [1.82, 2.24) is 13.7 Å². The van der Waals surface area contributed by atoms with Crippen molar-refractivity contribution < 1.29 is 0 Å². The SMILES string of the molecule is CC1C=C(N(c2ccc(-n3c4ccccc4c4ccccc43)cc2)c2ccc(-n3c4ccccc4c4ccccc43)cc2)C=CC1n1c2ccccc2c2ccccc21. The second-order valence-electron chi connectivity index (χ2n) is 15.8. The molecule has 0 aliphatic heterocycles. The average Bonchev–Trinajstić information content (AvgIpc) is 3.93. The van der Waals surface area contributed by atoms with Crippen LogP contribution in [-0.2, 0) is 0 Å². The molecule has 2 atom stereocenters. The highest BCUT2D eigenvalue weighted by molar-refractivity contribution is 6.11.